The summed E-state index contributed by atoms with van der Waals surface area (Å²) in [7, 11) is 4.32. The van der Waals surface area contributed by atoms with E-state index in [1.54, 1.807) is 0 Å². The van der Waals surface area contributed by atoms with Gasteiger partial charge in [0.15, 0.2) is 5.78 Å². The molecule has 1 aliphatic carbocycles. The lowest BCUT2D eigenvalue weighted by molar-refractivity contribution is 0.0965. The van der Waals surface area contributed by atoms with Crippen LogP contribution in [0.3, 0.4) is 0 Å². The topological polar surface area (TPSA) is 32.8 Å². The average Bonchev–Trinajstić information content (AvgIpc) is 3.42. The fourth-order valence-electron chi connectivity index (χ4n) is 5.51. The summed E-state index contributed by atoms with van der Waals surface area (Å²) < 4.78 is 6.19. The lowest BCUT2D eigenvalue weighted by atomic mass is 9.89. The monoisotopic (exact) mass is 448 g/mol. The molecule has 1 heterocycles. The van der Waals surface area contributed by atoms with E-state index in [-0.39, 0.29) is 11.7 Å². The zero-order valence-corrected chi connectivity index (χ0v) is 21.2. The van der Waals surface area contributed by atoms with Gasteiger partial charge in [-0.05, 0) is 100 Å². The molecule has 4 heteroatoms. The average molecular weight is 449 g/mol. The number of hydrogen-bond donors (Lipinski definition) is 0. The number of aryl methyl sites for hydroxylation is 2. The zero-order valence-electron chi connectivity index (χ0n) is 21.2. The molecule has 3 unspecified atom stereocenters. The van der Waals surface area contributed by atoms with Crippen LogP contribution in [-0.4, -0.2) is 50.0 Å². The molecule has 1 saturated heterocycles. The lowest BCUT2D eigenvalue weighted by Gasteiger charge is -2.24. The molecule has 2 aromatic rings. The molecule has 0 radical (unpaired) electrons. The SMILES string of the molecule is Cc1cc(OC2CCC(C)C2)ccc1C(=O)C(C)c1ccc(N2CC[C@@H](N(C)C)C2)c(C)c1. The Hall–Kier alpha value is -2.33. The van der Waals surface area contributed by atoms with Crippen molar-refractivity contribution in [3.8, 4) is 5.75 Å². The fraction of sp³-hybridized carbons (Fsp3) is 0.552. The molecule has 4 rings (SSSR count). The molecule has 1 aliphatic heterocycles. The van der Waals surface area contributed by atoms with Gasteiger partial charge in [0.2, 0.25) is 0 Å². The molecule has 2 fully saturated rings. The summed E-state index contributed by atoms with van der Waals surface area (Å²) in [5, 5.41) is 0. The predicted molar refractivity (Wildman–Crippen MR) is 137 cm³/mol. The third-order valence-electron chi connectivity index (χ3n) is 7.76. The number of hydrogen-bond acceptors (Lipinski definition) is 4. The minimum Gasteiger partial charge on any atom is -0.490 e. The van der Waals surface area contributed by atoms with E-state index in [4.69, 9.17) is 4.74 Å². The van der Waals surface area contributed by atoms with E-state index in [1.165, 1.54) is 24.1 Å². The molecule has 0 spiro atoms. The minimum atomic E-state index is -0.174. The van der Waals surface area contributed by atoms with Gasteiger partial charge in [-0.1, -0.05) is 26.0 Å². The standard InChI is InChI=1S/C29H40N2O2/c1-19-7-9-25(15-19)33-26-10-11-27(20(2)17-26)29(32)22(4)23-8-12-28(21(3)16-23)31-14-13-24(18-31)30(5)6/h8,10-12,16-17,19,22,24-25H,7,9,13-15,18H2,1-6H3/t19?,22?,24-,25?/m1/s1. The summed E-state index contributed by atoms with van der Waals surface area (Å²) in [6, 6.07) is 13.1. The molecule has 33 heavy (non-hydrogen) atoms. The zero-order chi connectivity index (χ0) is 23.7. The molecular weight excluding hydrogens is 408 g/mol. The lowest BCUT2D eigenvalue weighted by Crippen LogP contribution is -2.31. The Labute approximate surface area is 199 Å². The van der Waals surface area contributed by atoms with Crippen molar-refractivity contribution in [1.29, 1.82) is 0 Å². The van der Waals surface area contributed by atoms with Crippen LogP contribution in [0.15, 0.2) is 36.4 Å². The molecule has 2 aromatic carbocycles. The van der Waals surface area contributed by atoms with Gasteiger partial charge in [-0.3, -0.25) is 4.79 Å². The molecule has 178 valence electrons. The van der Waals surface area contributed by atoms with Crippen LogP contribution in [0.4, 0.5) is 5.69 Å². The fourth-order valence-corrected chi connectivity index (χ4v) is 5.51. The first-order valence-electron chi connectivity index (χ1n) is 12.6. The Bertz CT molecular complexity index is 999. The highest BCUT2D eigenvalue weighted by molar-refractivity contribution is 6.02. The first-order valence-corrected chi connectivity index (χ1v) is 12.6. The van der Waals surface area contributed by atoms with Crippen molar-refractivity contribution in [2.24, 2.45) is 5.92 Å². The second-order valence-electron chi connectivity index (χ2n) is 10.6. The largest absolute Gasteiger partial charge is 0.490 e. The van der Waals surface area contributed by atoms with Gasteiger partial charge in [0, 0.05) is 36.3 Å². The molecule has 1 saturated carbocycles. The third kappa shape index (κ3) is 5.27. The maximum Gasteiger partial charge on any atom is 0.170 e. The smallest absolute Gasteiger partial charge is 0.170 e. The molecule has 2 aliphatic rings. The number of Topliss-reactive ketones (excluding diaryl/α,β-unsaturated/α-hetero) is 1. The van der Waals surface area contributed by atoms with E-state index in [1.807, 2.05) is 32.0 Å². The van der Waals surface area contributed by atoms with Gasteiger partial charge in [-0.15, -0.1) is 0 Å². The Balaban J connectivity index is 1.45. The van der Waals surface area contributed by atoms with E-state index >= 15 is 0 Å². The first kappa shape index (κ1) is 23.8. The highest BCUT2D eigenvalue weighted by atomic mass is 16.5. The van der Waals surface area contributed by atoms with Gasteiger partial charge in [0.05, 0.1) is 6.10 Å². The second kappa shape index (κ2) is 9.89. The summed E-state index contributed by atoms with van der Waals surface area (Å²) in [4.78, 5) is 18.2. The van der Waals surface area contributed by atoms with Gasteiger partial charge < -0.3 is 14.5 Å². The van der Waals surface area contributed by atoms with E-state index in [2.05, 4.69) is 55.9 Å². The number of anilines is 1. The summed E-state index contributed by atoms with van der Waals surface area (Å²) in [5.41, 5.74) is 5.42. The van der Waals surface area contributed by atoms with Crippen molar-refractivity contribution in [2.75, 3.05) is 32.1 Å². The number of likely N-dealkylation sites (N-methyl/N-ethyl adjacent to an activating group) is 1. The first-order chi connectivity index (χ1) is 15.7. The molecular formula is C29H40N2O2. The number of nitrogens with zero attached hydrogens (tertiary/aromatic N) is 2. The molecule has 0 amide bonds. The Morgan fingerprint density at radius 1 is 1.06 bits per heavy atom. The second-order valence-corrected chi connectivity index (χ2v) is 10.6. The van der Waals surface area contributed by atoms with Crippen LogP contribution in [0, 0.1) is 19.8 Å². The Morgan fingerprint density at radius 3 is 2.45 bits per heavy atom. The van der Waals surface area contributed by atoms with E-state index < -0.39 is 0 Å². The maximum atomic E-state index is 13.4. The quantitative estimate of drug-likeness (QED) is 0.487. The molecule has 4 atom stereocenters. The number of benzene rings is 2. The van der Waals surface area contributed by atoms with E-state index in [9.17, 15) is 4.79 Å². The minimum absolute atomic E-state index is 0.174. The Kier molecular flexibility index (Phi) is 7.13. The van der Waals surface area contributed by atoms with Gasteiger partial charge in [-0.25, -0.2) is 0 Å². The summed E-state index contributed by atoms with van der Waals surface area (Å²) >= 11 is 0. The Morgan fingerprint density at radius 2 is 1.85 bits per heavy atom. The highest BCUT2D eigenvalue weighted by Gasteiger charge is 2.26. The van der Waals surface area contributed by atoms with Crippen LogP contribution >= 0.6 is 0 Å². The van der Waals surface area contributed by atoms with Gasteiger partial charge >= 0.3 is 0 Å². The number of carbonyl (C=O) groups excluding carboxylic acids is 1. The number of ketones is 1. The third-order valence-corrected chi connectivity index (χ3v) is 7.76. The van der Waals surface area contributed by atoms with Crippen molar-refractivity contribution in [3.63, 3.8) is 0 Å². The van der Waals surface area contributed by atoms with E-state index in [0.29, 0.717) is 12.1 Å². The van der Waals surface area contributed by atoms with Crippen LogP contribution in [0.25, 0.3) is 0 Å². The van der Waals surface area contributed by atoms with Crippen molar-refractivity contribution >= 4 is 11.5 Å². The summed E-state index contributed by atoms with van der Waals surface area (Å²) in [6.45, 7) is 10.7. The molecule has 4 nitrogen and oxygen atoms in total. The molecule has 0 aromatic heterocycles. The summed E-state index contributed by atoms with van der Waals surface area (Å²) in [6.07, 6.45) is 5.00. The summed E-state index contributed by atoms with van der Waals surface area (Å²) in [5.74, 6) is 1.63. The van der Waals surface area contributed by atoms with Crippen LogP contribution in [0.2, 0.25) is 0 Å². The normalized spacial score (nSPS) is 23.8. The van der Waals surface area contributed by atoms with Crippen molar-refractivity contribution in [2.45, 2.75) is 71.4 Å². The van der Waals surface area contributed by atoms with Gasteiger partial charge in [0.25, 0.3) is 0 Å². The van der Waals surface area contributed by atoms with Crippen LogP contribution in [-0.2, 0) is 0 Å². The highest BCUT2D eigenvalue weighted by Crippen LogP contribution is 2.32. The maximum absolute atomic E-state index is 13.4. The van der Waals surface area contributed by atoms with Crippen LogP contribution in [0.1, 0.15) is 72.5 Å². The number of carbonyl (C=O) groups is 1. The number of ether oxygens (including phenoxy) is 1. The number of rotatable bonds is 7. The van der Waals surface area contributed by atoms with Crippen LogP contribution < -0.4 is 9.64 Å². The van der Waals surface area contributed by atoms with Crippen molar-refractivity contribution < 1.29 is 9.53 Å². The van der Waals surface area contributed by atoms with Gasteiger partial charge in [-0.2, -0.15) is 0 Å². The van der Waals surface area contributed by atoms with Crippen LogP contribution in [0.5, 0.6) is 5.75 Å². The van der Waals surface area contributed by atoms with Gasteiger partial charge in [0.1, 0.15) is 5.75 Å². The van der Waals surface area contributed by atoms with Crippen molar-refractivity contribution in [3.05, 3.63) is 58.7 Å². The molecule has 0 bridgehead atoms. The van der Waals surface area contributed by atoms with E-state index in [0.717, 1.165) is 54.3 Å². The predicted octanol–water partition coefficient (Wildman–Crippen LogP) is 6.00. The molecule has 0 N–H and O–H groups in total. The van der Waals surface area contributed by atoms with Crippen molar-refractivity contribution in [1.82, 2.24) is 4.90 Å².